The highest BCUT2D eigenvalue weighted by Gasteiger charge is 2.31. The molecule has 110 valence electrons. The minimum absolute atomic E-state index is 0.0877. The van der Waals surface area contributed by atoms with Gasteiger partial charge in [0, 0.05) is 10.6 Å². The number of hydrogen-bond donors (Lipinski definition) is 2. The lowest BCUT2D eigenvalue weighted by Crippen LogP contribution is -2.29. The van der Waals surface area contributed by atoms with Gasteiger partial charge in [0.15, 0.2) is 0 Å². The van der Waals surface area contributed by atoms with E-state index in [1.54, 1.807) is 0 Å². The summed E-state index contributed by atoms with van der Waals surface area (Å²) in [6, 6.07) is 2.49. The Hall–Kier alpha value is -1.96. The summed E-state index contributed by atoms with van der Waals surface area (Å²) >= 11 is 5.54. The van der Waals surface area contributed by atoms with Crippen molar-refractivity contribution in [1.29, 1.82) is 0 Å². The molecule has 0 saturated carbocycles. The van der Waals surface area contributed by atoms with Crippen LogP contribution in [0.3, 0.4) is 0 Å². The zero-order valence-corrected chi connectivity index (χ0v) is 10.7. The third kappa shape index (κ3) is 4.96. The molecule has 0 atom stereocenters. The number of primary amides is 1. The number of rotatable bonds is 4. The van der Waals surface area contributed by atoms with Crippen molar-refractivity contribution >= 4 is 23.6 Å². The molecule has 0 aliphatic carbocycles. The van der Waals surface area contributed by atoms with E-state index in [2.05, 4.69) is 10.1 Å². The number of halogens is 4. The van der Waals surface area contributed by atoms with Crippen LogP contribution in [-0.2, 0) is 10.9 Å². The van der Waals surface area contributed by atoms with Gasteiger partial charge in [0.1, 0.15) is 6.61 Å². The second kappa shape index (κ2) is 6.47. The highest BCUT2D eigenvalue weighted by atomic mass is 35.5. The van der Waals surface area contributed by atoms with E-state index in [1.807, 2.05) is 0 Å². The maximum atomic E-state index is 12.5. The summed E-state index contributed by atoms with van der Waals surface area (Å²) in [7, 11) is 0. The van der Waals surface area contributed by atoms with Crippen LogP contribution in [0.5, 0.6) is 0 Å². The van der Waals surface area contributed by atoms with E-state index in [1.165, 1.54) is 0 Å². The summed E-state index contributed by atoms with van der Waals surface area (Å²) in [5.41, 5.74) is 3.42. The first-order valence-electron chi connectivity index (χ1n) is 5.28. The SMILES string of the molecule is NC(=O)OCCNC(=O)c1cc(Cl)cc(C(F)(F)F)c1. The molecular formula is C11H10ClF3N2O3. The van der Waals surface area contributed by atoms with Crippen LogP contribution < -0.4 is 11.1 Å². The molecular weight excluding hydrogens is 301 g/mol. The van der Waals surface area contributed by atoms with Crippen molar-refractivity contribution in [3.8, 4) is 0 Å². The summed E-state index contributed by atoms with van der Waals surface area (Å²) in [4.78, 5) is 21.9. The normalized spacial score (nSPS) is 11.0. The summed E-state index contributed by atoms with van der Waals surface area (Å²) < 4.78 is 42.0. The highest BCUT2D eigenvalue weighted by molar-refractivity contribution is 6.31. The summed E-state index contributed by atoms with van der Waals surface area (Å²) in [5, 5.41) is 2.05. The van der Waals surface area contributed by atoms with E-state index in [-0.39, 0.29) is 23.7 Å². The molecule has 0 saturated heterocycles. The first-order chi connectivity index (χ1) is 9.20. The van der Waals surface area contributed by atoms with Crippen LogP contribution in [0.1, 0.15) is 15.9 Å². The molecule has 0 spiro atoms. The van der Waals surface area contributed by atoms with E-state index in [0.29, 0.717) is 12.1 Å². The van der Waals surface area contributed by atoms with Gasteiger partial charge in [-0.2, -0.15) is 13.2 Å². The van der Waals surface area contributed by atoms with Gasteiger partial charge in [-0.1, -0.05) is 11.6 Å². The van der Waals surface area contributed by atoms with E-state index in [0.717, 1.165) is 6.07 Å². The average Bonchev–Trinajstić information content (AvgIpc) is 2.32. The van der Waals surface area contributed by atoms with E-state index in [9.17, 15) is 22.8 Å². The molecule has 0 aromatic heterocycles. The monoisotopic (exact) mass is 310 g/mol. The van der Waals surface area contributed by atoms with E-state index < -0.39 is 23.7 Å². The number of alkyl halides is 3. The van der Waals surface area contributed by atoms with Crippen molar-refractivity contribution in [3.63, 3.8) is 0 Å². The molecule has 0 bridgehead atoms. The number of carbonyl (C=O) groups excluding carboxylic acids is 2. The number of hydrogen-bond acceptors (Lipinski definition) is 3. The molecule has 1 aromatic carbocycles. The Labute approximate surface area is 116 Å². The predicted octanol–water partition coefficient (Wildman–Crippen LogP) is 2.18. The molecule has 5 nitrogen and oxygen atoms in total. The lowest BCUT2D eigenvalue weighted by atomic mass is 10.1. The van der Waals surface area contributed by atoms with Gasteiger partial charge in [-0.25, -0.2) is 4.79 Å². The van der Waals surface area contributed by atoms with E-state index >= 15 is 0 Å². The van der Waals surface area contributed by atoms with Crippen molar-refractivity contribution in [1.82, 2.24) is 5.32 Å². The van der Waals surface area contributed by atoms with Gasteiger partial charge in [-0.05, 0) is 18.2 Å². The summed E-state index contributed by atoms with van der Waals surface area (Å²) in [6.45, 7) is -0.274. The Bertz CT molecular complexity index is 520. The maximum absolute atomic E-state index is 12.5. The molecule has 3 N–H and O–H groups in total. The van der Waals surface area contributed by atoms with Crippen molar-refractivity contribution in [2.24, 2.45) is 5.73 Å². The third-order valence-corrected chi connectivity index (χ3v) is 2.34. The molecule has 2 amide bonds. The lowest BCUT2D eigenvalue weighted by Gasteiger charge is -2.10. The van der Waals surface area contributed by atoms with Gasteiger partial charge in [0.25, 0.3) is 5.91 Å². The fourth-order valence-corrected chi connectivity index (χ4v) is 1.54. The van der Waals surface area contributed by atoms with Crippen molar-refractivity contribution < 1.29 is 27.5 Å². The molecule has 0 radical (unpaired) electrons. The van der Waals surface area contributed by atoms with E-state index in [4.69, 9.17) is 17.3 Å². The predicted molar refractivity (Wildman–Crippen MR) is 64.3 cm³/mol. The van der Waals surface area contributed by atoms with Gasteiger partial charge in [0.2, 0.25) is 0 Å². The number of carbonyl (C=O) groups is 2. The Balaban J connectivity index is 2.73. The molecule has 0 aliphatic rings. The first-order valence-corrected chi connectivity index (χ1v) is 5.66. The van der Waals surface area contributed by atoms with Crippen LogP contribution in [-0.4, -0.2) is 25.2 Å². The second-order valence-corrected chi connectivity index (χ2v) is 4.09. The van der Waals surface area contributed by atoms with Gasteiger partial charge >= 0.3 is 12.3 Å². The standard InChI is InChI=1S/C11H10ClF3N2O3/c12-8-4-6(3-7(5-8)11(13,14)15)9(18)17-1-2-20-10(16)19/h3-5H,1-2H2,(H2,16,19)(H,17,18). The molecule has 0 unspecified atom stereocenters. The minimum atomic E-state index is -4.60. The molecule has 0 aliphatic heterocycles. The minimum Gasteiger partial charge on any atom is -0.448 e. The van der Waals surface area contributed by atoms with Crippen molar-refractivity contribution in [2.75, 3.05) is 13.2 Å². The van der Waals surface area contributed by atoms with Crippen LogP contribution in [0.15, 0.2) is 18.2 Å². The van der Waals surface area contributed by atoms with Crippen LogP contribution in [0, 0.1) is 0 Å². The molecule has 0 heterocycles. The van der Waals surface area contributed by atoms with Crippen LogP contribution in [0.2, 0.25) is 5.02 Å². The largest absolute Gasteiger partial charge is 0.448 e. The van der Waals surface area contributed by atoms with Gasteiger partial charge in [-0.3, -0.25) is 4.79 Å². The van der Waals surface area contributed by atoms with Crippen LogP contribution in [0.4, 0.5) is 18.0 Å². The maximum Gasteiger partial charge on any atom is 0.416 e. The fourth-order valence-electron chi connectivity index (χ4n) is 1.30. The summed E-state index contributed by atoms with van der Waals surface area (Å²) in [6.07, 6.45) is -5.61. The average molecular weight is 311 g/mol. The Morgan fingerprint density at radius 1 is 1.30 bits per heavy atom. The molecule has 1 rings (SSSR count). The van der Waals surface area contributed by atoms with Gasteiger partial charge < -0.3 is 15.8 Å². The number of nitrogens with one attached hydrogen (secondary N) is 1. The lowest BCUT2D eigenvalue weighted by molar-refractivity contribution is -0.137. The zero-order valence-electron chi connectivity index (χ0n) is 9.96. The quantitative estimate of drug-likeness (QED) is 0.836. The zero-order chi connectivity index (χ0) is 15.3. The van der Waals surface area contributed by atoms with Crippen LogP contribution >= 0.6 is 11.6 Å². The number of ether oxygens (including phenoxy) is 1. The van der Waals surface area contributed by atoms with Crippen molar-refractivity contribution in [3.05, 3.63) is 34.3 Å². The third-order valence-electron chi connectivity index (χ3n) is 2.12. The Morgan fingerprint density at radius 3 is 2.50 bits per heavy atom. The van der Waals surface area contributed by atoms with Crippen molar-refractivity contribution in [2.45, 2.75) is 6.18 Å². The Kier molecular flexibility index (Phi) is 5.20. The number of benzene rings is 1. The highest BCUT2D eigenvalue weighted by Crippen LogP contribution is 2.31. The Morgan fingerprint density at radius 2 is 1.95 bits per heavy atom. The number of nitrogens with two attached hydrogens (primary N) is 1. The van der Waals surface area contributed by atoms with Gasteiger partial charge in [0.05, 0.1) is 12.1 Å². The topological polar surface area (TPSA) is 81.4 Å². The summed E-state index contributed by atoms with van der Waals surface area (Å²) in [5.74, 6) is -0.772. The molecule has 0 fully saturated rings. The first kappa shape index (κ1) is 16.1. The molecule has 9 heteroatoms. The van der Waals surface area contributed by atoms with Gasteiger partial charge in [-0.15, -0.1) is 0 Å². The molecule has 1 aromatic rings. The smallest absolute Gasteiger partial charge is 0.416 e. The fraction of sp³-hybridized carbons (Fsp3) is 0.273. The number of amides is 2. The second-order valence-electron chi connectivity index (χ2n) is 3.65. The van der Waals surface area contributed by atoms with Crippen LogP contribution in [0.25, 0.3) is 0 Å². The molecule has 20 heavy (non-hydrogen) atoms.